The van der Waals surface area contributed by atoms with Crippen LogP contribution in [0.25, 0.3) is 0 Å². The van der Waals surface area contributed by atoms with Crippen LogP contribution in [-0.2, 0) is 16.4 Å². The molecular weight excluding hydrogens is 344 g/mol. The third-order valence-corrected chi connectivity index (χ3v) is 6.75. The molecule has 0 bridgehead atoms. The Bertz CT molecular complexity index is 701. The third kappa shape index (κ3) is 4.25. The van der Waals surface area contributed by atoms with Gasteiger partial charge >= 0.3 is 0 Å². The SMILES string of the molecule is COc1ccc(OC)c(CN2CCN(C3CS(=O)(=O)CC3O)CC2)c1. The number of aliphatic hydroxyl groups excluding tert-OH is 1. The molecular formula is C17H26N2O5S. The predicted molar refractivity (Wildman–Crippen MR) is 94.8 cm³/mol. The van der Waals surface area contributed by atoms with Crippen LogP contribution in [0.3, 0.4) is 0 Å². The molecule has 25 heavy (non-hydrogen) atoms. The number of sulfone groups is 1. The van der Waals surface area contributed by atoms with Crippen molar-refractivity contribution in [1.82, 2.24) is 9.80 Å². The van der Waals surface area contributed by atoms with Crippen LogP contribution in [0.2, 0.25) is 0 Å². The molecule has 7 nitrogen and oxygen atoms in total. The molecule has 1 N–H and O–H groups in total. The maximum atomic E-state index is 11.7. The lowest BCUT2D eigenvalue weighted by Gasteiger charge is -2.38. The topological polar surface area (TPSA) is 79.3 Å². The van der Waals surface area contributed by atoms with Crippen LogP contribution in [0.1, 0.15) is 5.56 Å². The highest BCUT2D eigenvalue weighted by Crippen LogP contribution is 2.26. The average molecular weight is 370 g/mol. The van der Waals surface area contributed by atoms with E-state index in [0.717, 1.165) is 49.8 Å². The predicted octanol–water partition coefficient (Wildman–Crippen LogP) is -0.0207. The summed E-state index contributed by atoms with van der Waals surface area (Å²) in [6, 6.07) is 5.50. The summed E-state index contributed by atoms with van der Waals surface area (Å²) >= 11 is 0. The first-order chi connectivity index (χ1) is 11.9. The van der Waals surface area contributed by atoms with Crippen molar-refractivity contribution in [2.75, 3.05) is 51.9 Å². The summed E-state index contributed by atoms with van der Waals surface area (Å²) in [7, 11) is 0.194. The van der Waals surface area contributed by atoms with Gasteiger partial charge in [-0.05, 0) is 18.2 Å². The molecule has 8 heteroatoms. The Balaban J connectivity index is 1.60. The van der Waals surface area contributed by atoms with Crippen molar-refractivity contribution in [3.05, 3.63) is 23.8 Å². The Labute approximate surface area is 149 Å². The number of hydrogen-bond acceptors (Lipinski definition) is 7. The molecule has 0 aromatic heterocycles. The van der Waals surface area contributed by atoms with Gasteiger partial charge in [-0.2, -0.15) is 0 Å². The summed E-state index contributed by atoms with van der Waals surface area (Å²) in [6.45, 7) is 3.90. The molecule has 0 amide bonds. The highest BCUT2D eigenvalue weighted by Gasteiger charge is 2.40. The van der Waals surface area contributed by atoms with E-state index in [1.165, 1.54) is 0 Å². The quantitative estimate of drug-likeness (QED) is 0.780. The first kappa shape index (κ1) is 18.4. The Morgan fingerprint density at radius 3 is 2.40 bits per heavy atom. The van der Waals surface area contributed by atoms with Gasteiger partial charge in [0.2, 0.25) is 0 Å². The first-order valence-electron chi connectivity index (χ1n) is 8.47. The van der Waals surface area contributed by atoms with Crippen molar-refractivity contribution in [3.63, 3.8) is 0 Å². The Morgan fingerprint density at radius 1 is 1.12 bits per heavy atom. The molecule has 3 rings (SSSR count). The normalized spacial score (nSPS) is 27.3. The lowest BCUT2D eigenvalue weighted by molar-refractivity contribution is 0.0422. The van der Waals surface area contributed by atoms with Crippen molar-refractivity contribution < 1.29 is 23.0 Å². The van der Waals surface area contributed by atoms with Gasteiger partial charge < -0.3 is 14.6 Å². The van der Waals surface area contributed by atoms with E-state index in [-0.39, 0.29) is 17.5 Å². The molecule has 2 heterocycles. The summed E-state index contributed by atoms with van der Waals surface area (Å²) in [6.07, 6.45) is -0.768. The third-order valence-electron chi connectivity index (χ3n) is 5.05. The van der Waals surface area contributed by atoms with E-state index in [1.54, 1.807) is 14.2 Å². The van der Waals surface area contributed by atoms with Crippen molar-refractivity contribution in [3.8, 4) is 11.5 Å². The summed E-state index contributed by atoms with van der Waals surface area (Å²) in [5, 5.41) is 10.0. The second kappa shape index (κ2) is 7.49. The zero-order valence-corrected chi connectivity index (χ0v) is 15.5. The maximum absolute atomic E-state index is 11.7. The fraction of sp³-hybridized carbons (Fsp3) is 0.647. The molecule has 0 spiro atoms. The average Bonchev–Trinajstić information content (AvgIpc) is 2.88. The first-order valence-corrected chi connectivity index (χ1v) is 10.3. The van der Waals surface area contributed by atoms with Gasteiger partial charge in [-0.1, -0.05) is 0 Å². The lowest BCUT2D eigenvalue weighted by atomic mass is 10.1. The second-order valence-electron chi connectivity index (χ2n) is 6.70. The zero-order chi connectivity index (χ0) is 18.0. The molecule has 140 valence electrons. The molecule has 0 radical (unpaired) electrons. The minimum atomic E-state index is -3.11. The van der Waals surface area contributed by atoms with Gasteiger partial charge in [-0.15, -0.1) is 0 Å². The molecule has 0 aliphatic carbocycles. The van der Waals surface area contributed by atoms with Gasteiger partial charge in [0, 0.05) is 38.3 Å². The summed E-state index contributed by atoms with van der Waals surface area (Å²) in [4.78, 5) is 4.41. The number of nitrogens with zero attached hydrogens (tertiary/aromatic N) is 2. The molecule has 2 aliphatic rings. The zero-order valence-electron chi connectivity index (χ0n) is 14.7. The van der Waals surface area contributed by atoms with E-state index in [1.807, 2.05) is 18.2 Å². The fourth-order valence-corrected chi connectivity index (χ4v) is 5.49. The van der Waals surface area contributed by atoms with Crippen LogP contribution < -0.4 is 9.47 Å². The van der Waals surface area contributed by atoms with Gasteiger partial charge in [0.25, 0.3) is 0 Å². The smallest absolute Gasteiger partial charge is 0.154 e. The summed E-state index contributed by atoms with van der Waals surface area (Å²) in [5.74, 6) is 1.59. The second-order valence-corrected chi connectivity index (χ2v) is 8.86. The molecule has 0 saturated carbocycles. The van der Waals surface area contributed by atoms with Crippen LogP contribution in [0.5, 0.6) is 11.5 Å². The van der Waals surface area contributed by atoms with E-state index in [9.17, 15) is 13.5 Å². The minimum Gasteiger partial charge on any atom is -0.497 e. The van der Waals surface area contributed by atoms with E-state index >= 15 is 0 Å². The molecule has 2 aliphatic heterocycles. The number of ether oxygens (including phenoxy) is 2. The van der Waals surface area contributed by atoms with Crippen molar-refractivity contribution in [2.24, 2.45) is 0 Å². The summed E-state index contributed by atoms with van der Waals surface area (Å²) < 4.78 is 34.1. The molecule has 2 unspecified atom stereocenters. The monoisotopic (exact) mass is 370 g/mol. The van der Waals surface area contributed by atoms with Crippen LogP contribution in [0, 0.1) is 0 Å². The largest absolute Gasteiger partial charge is 0.497 e. The number of rotatable bonds is 5. The molecule has 2 atom stereocenters. The Morgan fingerprint density at radius 2 is 1.84 bits per heavy atom. The number of aliphatic hydroxyl groups is 1. The standard InChI is InChI=1S/C17H26N2O5S/c1-23-14-3-4-17(24-2)13(9-14)10-18-5-7-19(8-6-18)15-11-25(21,22)12-16(15)20/h3-4,9,15-16,20H,5-8,10-12H2,1-2H3. The maximum Gasteiger partial charge on any atom is 0.154 e. The van der Waals surface area contributed by atoms with E-state index in [0.29, 0.717) is 0 Å². The van der Waals surface area contributed by atoms with Crippen LogP contribution in [-0.4, -0.2) is 87.4 Å². The highest BCUT2D eigenvalue weighted by molar-refractivity contribution is 7.91. The van der Waals surface area contributed by atoms with Gasteiger partial charge in [0.05, 0.1) is 37.9 Å². The minimum absolute atomic E-state index is 0.0673. The fourth-order valence-electron chi connectivity index (χ4n) is 3.66. The van der Waals surface area contributed by atoms with E-state index in [2.05, 4.69) is 9.80 Å². The highest BCUT2D eigenvalue weighted by atomic mass is 32.2. The summed E-state index contributed by atoms with van der Waals surface area (Å²) in [5.41, 5.74) is 1.07. The van der Waals surface area contributed by atoms with E-state index < -0.39 is 15.9 Å². The number of piperazine rings is 1. The van der Waals surface area contributed by atoms with Crippen molar-refractivity contribution in [2.45, 2.75) is 18.7 Å². The van der Waals surface area contributed by atoms with Crippen molar-refractivity contribution >= 4 is 9.84 Å². The van der Waals surface area contributed by atoms with Gasteiger partial charge in [-0.3, -0.25) is 9.80 Å². The number of hydrogen-bond donors (Lipinski definition) is 1. The molecule has 2 saturated heterocycles. The van der Waals surface area contributed by atoms with E-state index in [4.69, 9.17) is 9.47 Å². The van der Waals surface area contributed by atoms with Gasteiger partial charge in [-0.25, -0.2) is 8.42 Å². The Hall–Kier alpha value is -1.35. The number of methoxy groups -OCH3 is 2. The van der Waals surface area contributed by atoms with Crippen molar-refractivity contribution in [1.29, 1.82) is 0 Å². The molecule has 1 aromatic rings. The lowest BCUT2D eigenvalue weighted by Crippen LogP contribution is -2.53. The number of benzene rings is 1. The van der Waals surface area contributed by atoms with Gasteiger partial charge in [0.1, 0.15) is 11.5 Å². The van der Waals surface area contributed by atoms with Crippen LogP contribution in [0.15, 0.2) is 18.2 Å². The van der Waals surface area contributed by atoms with Gasteiger partial charge in [0.15, 0.2) is 9.84 Å². The Kier molecular flexibility index (Phi) is 5.52. The molecule has 2 fully saturated rings. The van der Waals surface area contributed by atoms with Crippen LogP contribution in [0.4, 0.5) is 0 Å². The molecule has 1 aromatic carbocycles. The van der Waals surface area contributed by atoms with Crippen LogP contribution >= 0.6 is 0 Å².